The zero-order chi connectivity index (χ0) is 35.0. The smallest absolute Gasteiger partial charge is 0.244 e. The summed E-state index contributed by atoms with van der Waals surface area (Å²) in [5.74, 6) is -0.273. The van der Waals surface area contributed by atoms with E-state index in [0.29, 0.717) is 11.6 Å². The molecule has 3 N–H and O–H groups in total. The number of benzene rings is 2. The maximum absolute atomic E-state index is 13.8. The van der Waals surface area contributed by atoms with E-state index in [1.807, 2.05) is 44.2 Å². The lowest BCUT2D eigenvalue weighted by Crippen LogP contribution is -2.50. The number of rotatable bonds is 6. The zero-order valence-corrected chi connectivity index (χ0v) is 29.7. The van der Waals surface area contributed by atoms with Crippen LogP contribution in [0.4, 0.5) is 0 Å². The summed E-state index contributed by atoms with van der Waals surface area (Å²) in [6.45, 7) is 5.52. The fourth-order valence-corrected chi connectivity index (χ4v) is 7.71. The van der Waals surface area contributed by atoms with E-state index in [2.05, 4.69) is 26.0 Å². The van der Waals surface area contributed by atoms with Gasteiger partial charge in [-0.2, -0.15) is 9.40 Å². The molecular formula is C32H41Cl2N7O6S. The van der Waals surface area contributed by atoms with Crippen LogP contribution in [0.5, 0.6) is 5.75 Å². The van der Waals surface area contributed by atoms with E-state index in [0.717, 1.165) is 5.56 Å². The van der Waals surface area contributed by atoms with E-state index < -0.39 is 33.9 Å². The molecule has 1 aliphatic heterocycles. The number of halogens is 2. The Morgan fingerprint density at radius 2 is 1.71 bits per heavy atom. The topological polar surface area (TPSA) is 165 Å². The molecule has 2 heterocycles. The number of carbonyl (C=O) groups excluding carboxylic acids is 3. The molecule has 0 bridgehead atoms. The van der Waals surface area contributed by atoms with E-state index in [1.165, 1.54) is 28.2 Å². The normalized spacial score (nSPS) is 19.4. The van der Waals surface area contributed by atoms with Crippen LogP contribution in [-0.4, -0.2) is 78.0 Å². The number of nitrogens with one attached hydrogen (secondary N) is 3. The fraction of sp³-hybridized carbons (Fsp3) is 0.469. The summed E-state index contributed by atoms with van der Waals surface area (Å²) in [4.78, 5) is 44.4. The molecule has 2 atom stereocenters. The van der Waals surface area contributed by atoms with Crippen molar-refractivity contribution >= 4 is 50.9 Å². The molecule has 3 amide bonds. The van der Waals surface area contributed by atoms with Gasteiger partial charge < -0.3 is 20.7 Å². The van der Waals surface area contributed by atoms with Crippen molar-refractivity contribution in [3.63, 3.8) is 0 Å². The highest BCUT2D eigenvalue weighted by Crippen LogP contribution is 2.35. The Hall–Kier alpha value is -3.72. The number of methoxy groups -OCH3 is 1. The molecule has 0 saturated carbocycles. The van der Waals surface area contributed by atoms with Gasteiger partial charge in [-0.15, -0.1) is 0 Å². The van der Waals surface area contributed by atoms with Crippen LogP contribution < -0.4 is 20.7 Å². The second-order valence-corrected chi connectivity index (χ2v) is 14.6. The Labute approximate surface area is 290 Å². The maximum Gasteiger partial charge on any atom is 0.244 e. The van der Waals surface area contributed by atoms with Crippen molar-refractivity contribution < 1.29 is 27.5 Å². The van der Waals surface area contributed by atoms with E-state index >= 15 is 0 Å². The maximum atomic E-state index is 13.8. The molecule has 16 heteroatoms. The van der Waals surface area contributed by atoms with Crippen molar-refractivity contribution in [3.8, 4) is 5.75 Å². The standard InChI is InChI=1S/C32H41Cl2N7O6S/c1-20(2)30-31-36-21(3)39-41(31)19-29(43)35-13-9-15-40(48(45,46)27-18-23(33)26(47-4)17-24(27)34)14-8-12-28(42)37-25(32(44)38-30)16-22-10-6-5-7-11-22/h5-7,10-11,17-18,20,25,30H,8-9,12-16,19H2,1-4H3,(H,35,43)(H,37,42)(H,38,44)/t25-,30+/m1/s1. The Kier molecular flexibility index (Phi) is 12.8. The van der Waals surface area contributed by atoms with Crippen molar-refractivity contribution in [1.82, 2.24) is 35.0 Å². The Bertz CT molecular complexity index is 1720. The SMILES string of the molecule is COc1cc(Cl)c(S(=O)(=O)N2CCCNC(=O)Cn3nc(C)nc3[C@H](C(C)C)NC(=O)[C@@H](Cc3ccccc3)NC(=O)CCC2)cc1Cl. The summed E-state index contributed by atoms with van der Waals surface area (Å²) < 4.78 is 35.5. The van der Waals surface area contributed by atoms with Gasteiger partial charge >= 0.3 is 0 Å². The number of hydrogen-bond donors (Lipinski definition) is 3. The van der Waals surface area contributed by atoms with Crippen LogP contribution in [-0.2, 0) is 37.4 Å². The van der Waals surface area contributed by atoms with Gasteiger partial charge in [0, 0.05) is 38.5 Å². The van der Waals surface area contributed by atoms with E-state index in [-0.39, 0.29) is 84.4 Å². The molecule has 0 saturated heterocycles. The molecule has 48 heavy (non-hydrogen) atoms. The molecule has 260 valence electrons. The Balaban J connectivity index is 1.65. The summed E-state index contributed by atoms with van der Waals surface area (Å²) in [6.07, 6.45) is 0.579. The molecule has 4 rings (SSSR count). The lowest BCUT2D eigenvalue weighted by molar-refractivity contribution is -0.129. The third kappa shape index (κ3) is 9.46. The van der Waals surface area contributed by atoms with Gasteiger partial charge in [0.25, 0.3) is 0 Å². The molecule has 1 aliphatic rings. The van der Waals surface area contributed by atoms with E-state index in [9.17, 15) is 22.8 Å². The number of amides is 3. The lowest BCUT2D eigenvalue weighted by Gasteiger charge is -2.26. The summed E-state index contributed by atoms with van der Waals surface area (Å²) in [5.41, 5.74) is 0.837. The number of fused-ring (bicyclic) bond motifs is 1. The van der Waals surface area contributed by atoms with Gasteiger partial charge in [-0.05, 0) is 37.3 Å². The highest BCUT2D eigenvalue weighted by molar-refractivity contribution is 7.89. The molecule has 0 radical (unpaired) electrons. The molecule has 2 aromatic carbocycles. The number of aromatic nitrogens is 3. The van der Waals surface area contributed by atoms with Crippen LogP contribution in [0.1, 0.15) is 56.4 Å². The summed E-state index contributed by atoms with van der Waals surface area (Å²) in [7, 11) is -2.79. The number of nitrogens with zero attached hydrogens (tertiary/aromatic N) is 4. The molecule has 1 aromatic heterocycles. The monoisotopic (exact) mass is 721 g/mol. The van der Waals surface area contributed by atoms with Gasteiger partial charge in [-0.1, -0.05) is 67.4 Å². The summed E-state index contributed by atoms with van der Waals surface area (Å²) in [5, 5.41) is 13.1. The minimum atomic E-state index is -4.18. The predicted molar refractivity (Wildman–Crippen MR) is 181 cm³/mol. The highest BCUT2D eigenvalue weighted by Gasteiger charge is 2.31. The first-order valence-corrected chi connectivity index (χ1v) is 17.8. The number of carbonyl (C=O) groups is 3. The van der Waals surface area contributed by atoms with Crippen molar-refractivity contribution in [3.05, 3.63) is 69.7 Å². The van der Waals surface area contributed by atoms with Crippen LogP contribution in [0.15, 0.2) is 47.4 Å². The van der Waals surface area contributed by atoms with E-state index in [4.69, 9.17) is 27.9 Å². The van der Waals surface area contributed by atoms with Crippen LogP contribution in [0, 0.1) is 12.8 Å². The fourth-order valence-electron chi connectivity index (χ4n) is 5.37. The first-order valence-electron chi connectivity index (χ1n) is 15.6. The van der Waals surface area contributed by atoms with Gasteiger partial charge in [0.15, 0.2) is 5.82 Å². The largest absolute Gasteiger partial charge is 0.495 e. The van der Waals surface area contributed by atoms with Crippen LogP contribution >= 0.6 is 23.2 Å². The van der Waals surface area contributed by atoms with Crippen LogP contribution in [0.2, 0.25) is 10.0 Å². The van der Waals surface area contributed by atoms with Crippen LogP contribution in [0.3, 0.4) is 0 Å². The molecule has 0 spiro atoms. The highest BCUT2D eigenvalue weighted by atomic mass is 35.5. The minimum Gasteiger partial charge on any atom is -0.495 e. The number of aryl methyl sites for hydroxylation is 1. The second kappa shape index (κ2) is 16.6. The third-order valence-electron chi connectivity index (χ3n) is 7.82. The van der Waals surface area contributed by atoms with E-state index in [1.54, 1.807) is 6.92 Å². The van der Waals surface area contributed by atoms with Gasteiger partial charge in [0.05, 0.1) is 23.2 Å². The minimum absolute atomic E-state index is 0.0202. The van der Waals surface area contributed by atoms with Gasteiger partial charge in [-0.3, -0.25) is 14.4 Å². The first kappa shape index (κ1) is 37.1. The van der Waals surface area contributed by atoms with Gasteiger partial charge in [0.1, 0.15) is 29.1 Å². The van der Waals surface area contributed by atoms with Crippen molar-refractivity contribution in [2.75, 3.05) is 26.7 Å². The van der Waals surface area contributed by atoms with Gasteiger partial charge in [0.2, 0.25) is 27.7 Å². The molecule has 0 unspecified atom stereocenters. The number of ether oxygens (including phenoxy) is 1. The quantitative estimate of drug-likeness (QED) is 0.349. The summed E-state index contributed by atoms with van der Waals surface area (Å²) >= 11 is 12.6. The van der Waals surface area contributed by atoms with Crippen molar-refractivity contribution in [2.24, 2.45) is 5.92 Å². The average molecular weight is 723 g/mol. The molecular weight excluding hydrogens is 681 g/mol. The predicted octanol–water partition coefficient (Wildman–Crippen LogP) is 3.43. The number of sulfonamides is 1. The molecule has 0 fully saturated rings. The first-order chi connectivity index (χ1) is 22.8. The van der Waals surface area contributed by atoms with Crippen molar-refractivity contribution in [1.29, 1.82) is 0 Å². The van der Waals surface area contributed by atoms with Crippen molar-refractivity contribution in [2.45, 2.75) is 70.0 Å². The number of hydrogen-bond acceptors (Lipinski definition) is 8. The zero-order valence-electron chi connectivity index (χ0n) is 27.3. The summed E-state index contributed by atoms with van der Waals surface area (Å²) in [6, 6.07) is 10.3. The van der Waals surface area contributed by atoms with Gasteiger partial charge in [-0.25, -0.2) is 18.1 Å². The average Bonchev–Trinajstić information content (AvgIpc) is 3.39. The molecule has 0 aliphatic carbocycles. The Morgan fingerprint density at radius 1 is 1.00 bits per heavy atom. The second-order valence-electron chi connectivity index (χ2n) is 11.8. The third-order valence-corrected chi connectivity index (χ3v) is 10.5. The molecule has 3 aromatic rings. The Morgan fingerprint density at radius 3 is 2.40 bits per heavy atom. The molecule has 13 nitrogen and oxygen atoms in total. The lowest BCUT2D eigenvalue weighted by atomic mass is 10.0. The van der Waals surface area contributed by atoms with Crippen LogP contribution in [0.25, 0.3) is 0 Å².